The quantitative estimate of drug-likeness (QED) is 0.307. The third-order valence-electron chi connectivity index (χ3n) is 4.91. The van der Waals surface area contributed by atoms with E-state index in [1.54, 1.807) is 0 Å². The van der Waals surface area contributed by atoms with Gasteiger partial charge in [0.15, 0.2) is 0 Å². The van der Waals surface area contributed by atoms with Gasteiger partial charge in [0.25, 0.3) is 0 Å². The average Bonchev–Trinajstić information content (AvgIpc) is 2.39. The zero-order valence-electron chi connectivity index (χ0n) is 15.4. The number of unbranched alkanes of at least 4 members (excludes halogenated alkanes) is 1. The van der Waals surface area contributed by atoms with Crippen molar-refractivity contribution in [2.75, 3.05) is 0 Å². The van der Waals surface area contributed by atoms with E-state index in [2.05, 4.69) is 41.5 Å². The molecular formula is C20H42. The monoisotopic (exact) mass is 282 g/mol. The van der Waals surface area contributed by atoms with Gasteiger partial charge in [-0.3, -0.25) is 0 Å². The van der Waals surface area contributed by atoms with Gasteiger partial charge in [-0.15, -0.1) is 0 Å². The molecular weight excluding hydrogens is 240 g/mol. The van der Waals surface area contributed by atoms with Crippen LogP contribution in [0.15, 0.2) is 0 Å². The Morgan fingerprint density at radius 3 is 1.70 bits per heavy atom. The van der Waals surface area contributed by atoms with E-state index < -0.39 is 0 Å². The summed E-state index contributed by atoms with van der Waals surface area (Å²) in [5, 5.41) is 0. The van der Waals surface area contributed by atoms with Crippen LogP contribution in [0.3, 0.4) is 0 Å². The highest BCUT2D eigenvalue weighted by molar-refractivity contribution is 4.69. The van der Waals surface area contributed by atoms with Crippen LogP contribution in [0, 0.1) is 23.7 Å². The van der Waals surface area contributed by atoms with E-state index in [4.69, 9.17) is 0 Å². The molecule has 0 saturated carbocycles. The second kappa shape index (κ2) is 12.7. The normalized spacial score (nSPS) is 16.4. The lowest BCUT2D eigenvalue weighted by molar-refractivity contribution is 0.256. The van der Waals surface area contributed by atoms with Crippen LogP contribution in [-0.4, -0.2) is 0 Å². The highest BCUT2D eigenvalue weighted by Crippen LogP contribution is 2.30. The maximum Gasteiger partial charge on any atom is -0.0386 e. The molecule has 0 aromatic carbocycles. The molecule has 0 saturated heterocycles. The zero-order valence-corrected chi connectivity index (χ0v) is 15.4. The van der Waals surface area contributed by atoms with Crippen molar-refractivity contribution in [3.63, 3.8) is 0 Å². The van der Waals surface area contributed by atoms with E-state index in [0.717, 1.165) is 23.7 Å². The molecule has 0 rings (SSSR count). The first-order valence-electron chi connectivity index (χ1n) is 9.54. The first-order valence-corrected chi connectivity index (χ1v) is 9.54. The van der Waals surface area contributed by atoms with Gasteiger partial charge in [-0.2, -0.15) is 0 Å². The molecule has 0 fully saturated rings. The van der Waals surface area contributed by atoms with Crippen LogP contribution in [0.25, 0.3) is 0 Å². The second-order valence-corrected chi connectivity index (χ2v) is 7.52. The summed E-state index contributed by atoms with van der Waals surface area (Å²) in [6.07, 6.45) is 14.3. The van der Waals surface area contributed by atoms with E-state index in [1.807, 2.05) is 0 Å². The van der Waals surface area contributed by atoms with Gasteiger partial charge in [0.1, 0.15) is 0 Å². The zero-order chi connectivity index (χ0) is 15.4. The molecule has 3 atom stereocenters. The molecule has 0 aromatic rings. The number of hydrogen-bond donors (Lipinski definition) is 0. The Bertz CT molecular complexity index is 194. The minimum atomic E-state index is 0.867. The lowest BCUT2D eigenvalue weighted by atomic mass is 9.80. The molecule has 0 spiro atoms. The Balaban J connectivity index is 3.95. The Morgan fingerprint density at radius 1 is 0.650 bits per heavy atom. The molecule has 122 valence electrons. The Hall–Kier alpha value is 0. The van der Waals surface area contributed by atoms with Crippen molar-refractivity contribution in [2.24, 2.45) is 23.7 Å². The third kappa shape index (κ3) is 9.83. The third-order valence-corrected chi connectivity index (χ3v) is 4.91. The molecule has 3 unspecified atom stereocenters. The second-order valence-electron chi connectivity index (χ2n) is 7.52. The fourth-order valence-corrected chi connectivity index (χ4v) is 3.95. The number of rotatable bonds is 13. The standard InChI is InChI=1S/C20H42/c1-7-12-19(9-3)20(13-8-2)15-11-10-14-18(6)16-17(4)5/h17-20H,7-16H2,1-6H3. The molecule has 0 aromatic heterocycles. The molecule has 20 heavy (non-hydrogen) atoms. The van der Waals surface area contributed by atoms with Crippen LogP contribution in [0.4, 0.5) is 0 Å². The van der Waals surface area contributed by atoms with Gasteiger partial charge in [0.2, 0.25) is 0 Å². The first kappa shape index (κ1) is 20.0. The molecule has 0 N–H and O–H groups in total. The van der Waals surface area contributed by atoms with Crippen LogP contribution in [0.2, 0.25) is 0 Å². The Labute approximate surface area is 130 Å². The lowest BCUT2D eigenvalue weighted by Crippen LogP contribution is -2.14. The smallest absolute Gasteiger partial charge is 0.0386 e. The summed E-state index contributed by atoms with van der Waals surface area (Å²) < 4.78 is 0. The van der Waals surface area contributed by atoms with E-state index in [9.17, 15) is 0 Å². The summed E-state index contributed by atoms with van der Waals surface area (Å²) >= 11 is 0. The van der Waals surface area contributed by atoms with Gasteiger partial charge >= 0.3 is 0 Å². The van der Waals surface area contributed by atoms with Crippen molar-refractivity contribution < 1.29 is 0 Å². The summed E-state index contributed by atoms with van der Waals surface area (Å²) in [6, 6.07) is 0. The predicted molar refractivity (Wildman–Crippen MR) is 94.2 cm³/mol. The van der Waals surface area contributed by atoms with Crippen molar-refractivity contribution in [3.05, 3.63) is 0 Å². The molecule has 0 aliphatic carbocycles. The van der Waals surface area contributed by atoms with Gasteiger partial charge in [-0.1, -0.05) is 99.3 Å². The predicted octanol–water partition coefficient (Wildman–Crippen LogP) is 7.47. The SMILES string of the molecule is CCCC(CC)C(CCC)CCCCC(C)CC(C)C. The van der Waals surface area contributed by atoms with Gasteiger partial charge < -0.3 is 0 Å². The fourth-order valence-electron chi connectivity index (χ4n) is 3.95. The van der Waals surface area contributed by atoms with Gasteiger partial charge in [0, 0.05) is 0 Å². The molecule has 0 amide bonds. The molecule has 0 heteroatoms. The minimum Gasteiger partial charge on any atom is -0.0654 e. The van der Waals surface area contributed by atoms with E-state index >= 15 is 0 Å². The van der Waals surface area contributed by atoms with Gasteiger partial charge in [-0.25, -0.2) is 0 Å². The van der Waals surface area contributed by atoms with E-state index in [-0.39, 0.29) is 0 Å². The number of hydrogen-bond acceptors (Lipinski definition) is 0. The first-order chi connectivity index (χ1) is 9.54. The van der Waals surface area contributed by atoms with Crippen LogP contribution in [0.5, 0.6) is 0 Å². The highest BCUT2D eigenvalue weighted by atomic mass is 14.2. The molecule has 0 aliphatic heterocycles. The maximum absolute atomic E-state index is 2.44. The summed E-state index contributed by atoms with van der Waals surface area (Å²) in [5.74, 6) is 3.79. The summed E-state index contributed by atoms with van der Waals surface area (Å²) in [5.41, 5.74) is 0. The van der Waals surface area contributed by atoms with Crippen molar-refractivity contribution in [3.8, 4) is 0 Å². The largest absolute Gasteiger partial charge is 0.0654 e. The Morgan fingerprint density at radius 2 is 1.20 bits per heavy atom. The van der Waals surface area contributed by atoms with Crippen LogP contribution in [-0.2, 0) is 0 Å². The molecule has 0 radical (unpaired) electrons. The summed E-state index contributed by atoms with van der Waals surface area (Å²) in [4.78, 5) is 0. The fraction of sp³-hybridized carbons (Fsp3) is 1.00. The summed E-state index contributed by atoms with van der Waals surface area (Å²) in [7, 11) is 0. The van der Waals surface area contributed by atoms with Crippen molar-refractivity contribution in [1.29, 1.82) is 0 Å². The highest BCUT2D eigenvalue weighted by Gasteiger charge is 2.18. The molecule has 0 aliphatic rings. The van der Waals surface area contributed by atoms with Crippen LogP contribution < -0.4 is 0 Å². The molecule has 0 bridgehead atoms. The van der Waals surface area contributed by atoms with Crippen molar-refractivity contribution >= 4 is 0 Å². The topological polar surface area (TPSA) is 0 Å². The molecule has 0 nitrogen and oxygen atoms in total. The van der Waals surface area contributed by atoms with Crippen LogP contribution >= 0.6 is 0 Å². The Kier molecular flexibility index (Phi) is 12.7. The van der Waals surface area contributed by atoms with E-state index in [0.29, 0.717) is 0 Å². The van der Waals surface area contributed by atoms with Crippen molar-refractivity contribution in [2.45, 2.75) is 106 Å². The minimum absolute atomic E-state index is 0.867. The van der Waals surface area contributed by atoms with E-state index in [1.165, 1.54) is 64.2 Å². The average molecular weight is 283 g/mol. The van der Waals surface area contributed by atoms with Crippen molar-refractivity contribution in [1.82, 2.24) is 0 Å². The maximum atomic E-state index is 2.44. The summed E-state index contributed by atoms with van der Waals surface area (Å²) in [6.45, 7) is 14.2. The lowest BCUT2D eigenvalue weighted by Gasteiger charge is -2.26. The van der Waals surface area contributed by atoms with Crippen LogP contribution in [0.1, 0.15) is 106 Å². The van der Waals surface area contributed by atoms with Gasteiger partial charge in [-0.05, 0) is 30.1 Å². The van der Waals surface area contributed by atoms with Gasteiger partial charge in [0.05, 0.1) is 0 Å². The molecule has 0 heterocycles.